The predicted octanol–water partition coefficient (Wildman–Crippen LogP) is 2.24. The number of carbonyl (C=O) groups excluding carboxylic acids is 3. The lowest BCUT2D eigenvalue weighted by Crippen LogP contribution is -2.50. The van der Waals surface area contributed by atoms with E-state index >= 15 is 0 Å². The molecule has 8 nitrogen and oxygen atoms in total. The minimum Gasteiger partial charge on any atom is -0.468 e. The summed E-state index contributed by atoms with van der Waals surface area (Å²) in [5, 5.41) is 0.697. The number of carbonyl (C=O) groups is 3. The molecule has 0 spiro atoms. The highest BCUT2D eigenvalue weighted by atomic mass is 16.6. The van der Waals surface area contributed by atoms with Crippen LogP contribution in [0.3, 0.4) is 0 Å². The molecule has 0 unspecified atom stereocenters. The Kier molecular flexibility index (Phi) is 7.03. The predicted molar refractivity (Wildman–Crippen MR) is 84.7 cm³/mol. The first-order valence-corrected chi connectivity index (χ1v) is 7.26. The SMILES string of the molecule is COC(=O)CN(NC(=O)OC(C)(C)C)C(=O)OCc1ccccc1. The third-order valence-electron chi connectivity index (χ3n) is 2.57. The molecule has 1 aromatic carbocycles. The van der Waals surface area contributed by atoms with Crippen molar-refractivity contribution in [1.82, 2.24) is 10.4 Å². The summed E-state index contributed by atoms with van der Waals surface area (Å²) in [4.78, 5) is 35.3. The van der Waals surface area contributed by atoms with Crippen molar-refractivity contribution < 1.29 is 28.6 Å². The van der Waals surface area contributed by atoms with Gasteiger partial charge < -0.3 is 14.2 Å². The van der Waals surface area contributed by atoms with Gasteiger partial charge in [0.15, 0.2) is 0 Å². The van der Waals surface area contributed by atoms with Crippen molar-refractivity contribution in [3.8, 4) is 0 Å². The van der Waals surface area contributed by atoms with Crippen LogP contribution in [0.1, 0.15) is 26.3 Å². The largest absolute Gasteiger partial charge is 0.468 e. The standard InChI is InChI=1S/C16H22N2O6/c1-16(2,3)24-14(20)17-18(10-13(19)22-4)15(21)23-11-12-8-6-5-7-9-12/h5-9H,10-11H2,1-4H3,(H,17,20). The molecule has 0 atom stereocenters. The molecule has 0 fully saturated rings. The zero-order valence-corrected chi connectivity index (χ0v) is 14.2. The number of ether oxygens (including phenoxy) is 3. The Hall–Kier alpha value is -2.77. The summed E-state index contributed by atoms with van der Waals surface area (Å²) in [5.41, 5.74) is 2.18. The fourth-order valence-corrected chi connectivity index (χ4v) is 1.55. The highest BCUT2D eigenvalue weighted by Crippen LogP contribution is 2.07. The Bertz CT molecular complexity index is 568. The molecular weight excluding hydrogens is 316 g/mol. The third kappa shape index (κ3) is 7.48. The normalized spacial score (nSPS) is 10.5. The van der Waals surface area contributed by atoms with Gasteiger partial charge in [-0.2, -0.15) is 0 Å². The van der Waals surface area contributed by atoms with Gasteiger partial charge in [0, 0.05) is 0 Å². The van der Waals surface area contributed by atoms with Crippen LogP contribution >= 0.6 is 0 Å². The van der Waals surface area contributed by atoms with Crippen molar-refractivity contribution in [3.05, 3.63) is 35.9 Å². The van der Waals surface area contributed by atoms with Crippen LogP contribution in [0.4, 0.5) is 9.59 Å². The van der Waals surface area contributed by atoms with Crippen molar-refractivity contribution in [2.75, 3.05) is 13.7 Å². The highest BCUT2D eigenvalue weighted by Gasteiger charge is 2.24. The van der Waals surface area contributed by atoms with Crippen LogP contribution in [0.25, 0.3) is 0 Å². The van der Waals surface area contributed by atoms with Gasteiger partial charge in [-0.3, -0.25) is 4.79 Å². The molecule has 0 aliphatic heterocycles. The number of benzene rings is 1. The van der Waals surface area contributed by atoms with Gasteiger partial charge in [-0.1, -0.05) is 30.3 Å². The van der Waals surface area contributed by atoms with Gasteiger partial charge in [-0.25, -0.2) is 20.0 Å². The van der Waals surface area contributed by atoms with E-state index in [1.807, 2.05) is 6.07 Å². The van der Waals surface area contributed by atoms with Gasteiger partial charge in [-0.05, 0) is 26.3 Å². The second kappa shape index (κ2) is 8.76. The van der Waals surface area contributed by atoms with Crippen LogP contribution in [0.15, 0.2) is 30.3 Å². The highest BCUT2D eigenvalue weighted by molar-refractivity contribution is 5.80. The molecule has 0 bridgehead atoms. The van der Waals surface area contributed by atoms with E-state index in [2.05, 4.69) is 10.2 Å². The molecule has 0 saturated heterocycles. The molecule has 8 heteroatoms. The number of hydrogen-bond donors (Lipinski definition) is 1. The fourth-order valence-electron chi connectivity index (χ4n) is 1.55. The van der Waals surface area contributed by atoms with Gasteiger partial charge in [-0.15, -0.1) is 0 Å². The average Bonchev–Trinajstić information content (AvgIpc) is 2.51. The molecule has 0 saturated carbocycles. The smallest absolute Gasteiger partial charge is 0.429 e. The molecule has 0 heterocycles. The molecule has 1 aromatic rings. The van der Waals surface area contributed by atoms with Crippen molar-refractivity contribution in [2.24, 2.45) is 0 Å². The van der Waals surface area contributed by atoms with E-state index in [1.54, 1.807) is 45.0 Å². The third-order valence-corrected chi connectivity index (χ3v) is 2.57. The maximum absolute atomic E-state index is 12.1. The Labute approximate surface area is 140 Å². The zero-order valence-electron chi connectivity index (χ0n) is 14.2. The molecular formula is C16H22N2O6. The van der Waals surface area contributed by atoms with E-state index in [0.29, 0.717) is 5.01 Å². The minimum absolute atomic E-state index is 0.00660. The van der Waals surface area contributed by atoms with Crippen molar-refractivity contribution in [2.45, 2.75) is 33.0 Å². The summed E-state index contributed by atoms with van der Waals surface area (Å²) in [6, 6.07) is 8.99. The van der Waals surface area contributed by atoms with Gasteiger partial charge in [0.25, 0.3) is 0 Å². The molecule has 0 aliphatic carbocycles. The number of rotatable bonds is 4. The second-order valence-electron chi connectivity index (χ2n) is 5.82. The Morgan fingerprint density at radius 3 is 2.29 bits per heavy atom. The number of hydrogen-bond acceptors (Lipinski definition) is 6. The molecule has 0 radical (unpaired) electrons. The van der Waals surface area contributed by atoms with Crippen LogP contribution in [0.5, 0.6) is 0 Å². The van der Waals surface area contributed by atoms with E-state index in [-0.39, 0.29) is 6.61 Å². The van der Waals surface area contributed by atoms with Gasteiger partial charge in [0.1, 0.15) is 18.8 Å². The molecule has 2 amide bonds. The first-order chi connectivity index (χ1) is 11.2. The number of hydrazine groups is 1. The van der Waals surface area contributed by atoms with E-state index < -0.39 is 30.3 Å². The molecule has 24 heavy (non-hydrogen) atoms. The summed E-state index contributed by atoms with van der Waals surface area (Å²) < 4.78 is 14.6. The summed E-state index contributed by atoms with van der Waals surface area (Å²) in [5.74, 6) is -0.720. The van der Waals surface area contributed by atoms with Crippen molar-refractivity contribution in [3.63, 3.8) is 0 Å². The molecule has 1 rings (SSSR count). The van der Waals surface area contributed by atoms with Crippen LogP contribution in [-0.4, -0.2) is 42.4 Å². The molecule has 1 N–H and O–H groups in total. The van der Waals surface area contributed by atoms with Crippen LogP contribution in [-0.2, 0) is 25.6 Å². The van der Waals surface area contributed by atoms with Crippen molar-refractivity contribution >= 4 is 18.2 Å². The average molecular weight is 338 g/mol. The monoisotopic (exact) mass is 338 g/mol. The maximum Gasteiger partial charge on any atom is 0.429 e. The summed E-state index contributed by atoms with van der Waals surface area (Å²) >= 11 is 0. The molecule has 0 aromatic heterocycles. The van der Waals surface area contributed by atoms with Gasteiger partial charge in [0.05, 0.1) is 7.11 Å². The number of nitrogens with zero attached hydrogens (tertiary/aromatic N) is 1. The summed E-state index contributed by atoms with van der Waals surface area (Å²) in [7, 11) is 1.17. The lowest BCUT2D eigenvalue weighted by atomic mass is 10.2. The van der Waals surface area contributed by atoms with E-state index in [9.17, 15) is 14.4 Å². The first-order valence-electron chi connectivity index (χ1n) is 7.26. The Balaban J connectivity index is 2.67. The Morgan fingerprint density at radius 2 is 1.75 bits per heavy atom. The van der Waals surface area contributed by atoms with Gasteiger partial charge in [0.2, 0.25) is 0 Å². The van der Waals surface area contributed by atoms with E-state index in [4.69, 9.17) is 9.47 Å². The second-order valence-corrected chi connectivity index (χ2v) is 5.82. The Morgan fingerprint density at radius 1 is 1.12 bits per heavy atom. The lowest BCUT2D eigenvalue weighted by Gasteiger charge is -2.25. The van der Waals surface area contributed by atoms with Gasteiger partial charge >= 0.3 is 18.2 Å². The van der Waals surface area contributed by atoms with Crippen molar-refractivity contribution in [1.29, 1.82) is 0 Å². The minimum atomic E-state index is -0.907. The summed E-state index contributed by atoms with van der Waals surface area (Å²) in [6.45, 7) is 4.50. The number of methoxy groups -OCH3 is 1. The van der Waals surface area contributed by atoms with Crippen LogP contribution in [0, 0.1) is 0 Å². The zero-order chi connectivity index (χ0) is 18.2. The fraction of sp³-hybridized carbons (Fsp3) is 0.438. The number of amides is 2. The van der Waals surface area contributed by atoms with Crippen LogP contribution in [0.2, 0.25) is 0 Å². The topological polar surface area (TPSA) is 94.2 Å². The van der Waals surface area contributed by atoms with E-state index in [1.165, 1.54) is 7.11 Å². The quantitative estimate of drug-likeness (QED) is 0.514. The lowest BCUT2D eigenvalue weighted by molar-refractivity contribution is -0.142. The molecule has 132 valence electrons. The van der Waals surface area contributed by atoms with Crippen LogP contribution < -0.4 is 5.43 Å². The summed E-state index contributed by atoms with van der Waals surface area (Å²) in [6.07, 6.45) is -1.79. The number of esters is 1. The molecule has 0 aliphatic rings. The first kappa shape index (κ1) is 19.3. The van der Waals surface area contributed by atoms with E-state index in [0.717, 1.165) is 5.56 Å². The number of nitrogens with one attached hydrogen (secondary N) is 1. The maximum atomic E-state index is 12.1.